The highest BCUT2D eigenvalue weighted by molar-refractivity contribution is 5.81. The van der Waals surface area contributed by atoms with Crippen LogP contribution in [0.5, 0.6) is 0 Å². The van der Waals surface area contributed by atoms with Gasteiger partial charge in [0.15, 0.2) is 0 Å². The lowest BCUT2D eigenvalue weighted by molar-refractivity contribution is -0.191. The van der Waals surface area contributed by atoms with Crippen LogP contribution in [0.15, 0.2) is 0 Å². The van der Waals surface area contributed by atoms with Crippen molar-refractivity contribution in [3.05, 3.63) is 0 Å². The summed E-state index contributed by atoms with van der Waals surface area (Å²) in [7, 11) is 0. The van der Waals surface area contributed by atoms with Crippen LogP contribution in [0.4, 0.5) is 4.79 Å². The molecule has 0 aromatic heterocycles. The van der Waals surface area contributed by atoms with Gasteiger partial charge in [-0.3, -0.25) is 4.79 Å². The summed E-state index contributed by atoms with van der Waals surface area (Å²) in [5.74, 6) is 0.847. The second kappa shape index (κ2) is 5.72. The molecule has 1 atom stereocenters. The molecule has 1 aliphatic carbocycles. The fourth-order valence-electron chi connectivity index (χ4n) is 3.51. The van der Waals surface area contributed by atoms with Crippen molar-refractivity contribution in [2.45, 2.75) is 51.2 Å². The summed E-state index contributed by atoms with van der Waals surface area (Å²) in [6.45, 7) is 6.53. The van der Waals surface area contributed by atoms with Crippen LogP contribution in [0.2, 0.25) is 0 Å². The summed E-state index contributed by atoms with van der Waals surface area (Å²) in [4.78, 5) is 27.0. The number of hydrogen-bond acceptors (Lipinski definition) is 3. The average Bonchev–Trinajstić information content (AvgIpc) is 3.31. The lowest BCUT2D eigenvalue weighted by atomic mass is 9.87. The Morgan fingerprint density at radius 2 is 1.82 bits per heavy atom. The van der Waals surface area contributed by atoms with Crippen molar-refractivity contribution in [3.8, 4) is 0 Å². The minimum absolute atomic E-state index is 0.0489. The van der Waals surface area contributed by atoms with E-state index in [1.165, 1.54) is 4.90 Å². The fraction of sp³-hybridized carbons (Fsp3) is 0.875. The van der Waals surface area contributed by atoms with Crippen LogP contribution in [-0.4, -0.2) is 64.8 Å². The first-order valence-corrected chi connectivity index (χ1v) is 8.35. The van der Waals surface area contributed by atoms with Crippen molar-refractivity contribution in [1.29, 1.82) is 0 Å². The highest BCUT2D eigenvalue weighted by Crippen LogP contribution is 2.37. The van der Waals surface area contributed by atoms with E-state index in [1.54, 1.807) is 0 Å². The first-order valence-electron chi connectivity index (χ1n) is 8.35. The molecule has 2 amide bonds. The van der Waals surface area contributed by atoms with Crippen molar-refractivity contribution in [1.82, 2.24) is 9.80 Å². The number of rotatable bonds is 2. The maximum atomic E-state index is 12.5. The van der Waals surface area contributed by atoms with Gasteiger partial charge in [0.1, 0.15) is 0 Å². The number of ether oxygens (including phenoxy) is 1. The fourth-order valence-corrected chi connectivity index (χ4v) is 3.51. The van der Waals surface area contributed by atoms with Gasteiger partial charge in [-0.2, -0.15) is 0 Å². The lowest BCUT2D eigenvalue weighted by Crippen LogP contribution is -2.62. The summed E-state index contributed by atoms with van der Waals surface area (Å²) >= 11 is 0. The van der Waals surface area contributed by atoms with Gasteiger partial charge in [0.05, 0.1) is 11.7 Å². The van der Waals surface area contributed by atoms with Crippen molar-refractivity contribution < 1.29 is 19.4 Å². The van der Waals surface area contributed by atoms with Crippen molar-refractivity contribution in [2.24, 2.45) is 11.8 Å². The molecule has 0 aromatic carbocycles. The number of amides is 2. The number of carbonyl (C=O) groups is 2. The summed E-state index contributed by atoms with van der Waals surface area (Å²) in [5.41, 5.74) is -0.357. The maximum Gasteiger partial charge on any atom is 0.407 e. The molecule has 1 spiro atoms. The highest BCUT2D eigenvalue weighted by atomic mass is 16.5. The number of nitrogens with zero attached hydrogens (tertiary/aromatic N) is 2. The zero-order valence-electron chi connectivity index (χ0n) is 13.5. The van der Waals surface area contributed by atoms with E-state index in [0.717, 1.165) is 12.8 Å². The van der Waals surface area contributed by atoms with Gasteiger partial charge in [-0.25, -0.2) is 4.79 Å². The summed E-state index contributed by atoms with van der Waals surface area (Å²) in [5, 5.41) is 9.11. The van der Waals surface area contributed by atoms with Gasteiger partial charge >= 0.3 is 6.09 Å². The minimum Gasteiger partial charge on any atom is -0.465 e. The topological polar surface area (TPSA) is 70.1 Å². The van der Waals surface area contributed by atoms with Crippen molar-refractivity contribution in [2.75, 3.05) is 26.2 Å². The molecule has 0 bridgehead atoms. The van der Waals surface area contributed by atoms with Gasteiger partial charge in [0.25, 0.3) is 0 Å². The molecule has 3 aliphatic rings. The van der Waals surface area contributed by atoms with Gasteiger partial charge < -0.3 is 19.6 Å². The van der Waals surface area contributed by atoms with E-state index >= 15 is 0 Å². The number of carboxylic acid groups (broad SMARTS) is 1. The van der Waals surface area contributed by atoms with E-state index in [1.807, 2.05) is 4.90 Å². The molecule has 6 nitrogen and oxygen atoms in total. The lowest BCUT2D eigenvalue weighted by Gasteiger charge is -2.50. The molecule has 2 aliphatic heterocycles. The zero-order chi connectivity index (χ0) is 15.9. The molecule has 124 valence electrons. The van der Waals surface area contributed by atoms with Crippen LogP contribution >= 0.6 is 0 Å². The second-order valence-electron chi connectivity index (χ2n) is 7.35. The van der Waals surface area contributed by atoms with E-state index in [-0.39, 0.29) is 23.5 Å². The van der Waals surface area contributed by atoms with E-state index in [4.69, 9.17) is 9.84 Å². The summed E-state index contributed by atoms with van der Waals surface area (Å²) in [6.07, 6.45) is 2.57. The quantitative estimate of drug-likeness (QED) is 0.844. The molecule has 3 fully saturated rings. The predicted molar refractivity (Wildman–Crippen MR) is 80.6 cm³/mol. The van der Waals surface area contributed by atoms with Gasteiger partial charge in [-0.05, 0) is 31.6 Å². The van der Waals surface area contributed by atoms with Gasteiger partial charge in [0.2, 0.25) is 5.91 Å². The largest absolute Gasteiger partial charge is 0.465 e. The third-order valence-electron chi connectivity index (χ3n) is 5.21. The van der Waals surface area contributed by atoms with Gasteiger partial charge in [0, 0.05) is 32.1 Å². The maximum absolute atomic E-state index is 12.5. The first-order chi connectivity index (χ1) is 10.4. The Balaban J connectivity index is 1.72. The van der Waals surface area contributed by atoms with Crippen LogP contribution in [-0.2, 0) is 9.53 Å². The standard InChI is InChI=1S/C16H26N2O4/c1-11(2)13-9-18(14(19)12-3-4-12)10-16(22-13)5-7-17(8-6-16)15(20)21/h11-13H,3-10H2,1-2H3,(H,20,21). The number of hydrogen-bond donors (Lipinski definition) is 1. The number of likely N-dealkylation sites (tertiary alicyclic amines) is 1. The number of piperidine rings is 1. The molecule has 0 radical (unpaired) electrons. The summed E-state index contributed by atoms with van der Waals surface area (Å²) in [6, 6.07) is 0. The van der Waals surface area contributed by atoms with Crippen molar-refractivity contribution in [3.63, 3.8) is 0 Å². The van der Waals surface area contributed by atoms with Crippen LogP contribution in [0, 0.1) is 11.8 Å². The third-order valence-corrected chi connectivity index (χ3v) is 5.21. The Hall–Kier alpha value is -1.30. The van der Waals surface area contributed by atoms with E-state index in [0.29, 0.717) is 44.9 Å². The summed E-state index contributed by atoms with van der Waals surface area (Å²) < 4.78 is 6.37. The molecular weight excluding hydrogens is 284 g/mol. The Morgan fingerprint density at radius 3 is 2.32 bits per heavy atom. The van der Waals surface area contributed by atoms with Crippen LogP contribution in [0.25, 0.3) is 0 Å². The van der Waals surface area contributed by atoms with E-state index < -0.39 is 6.09 Å². The molecule has 1 unspecified atom stereocenters. The molecule has 2 heterocycles. The molecule has 2 saturated heterocycles. The van der Waals surface area contributed by atoms with Crippen LogP contribution in [0.3, 0.4) is 0 Å². The van der Waals surface area contributed by atoms with Crippen LogP contribution < -0.4 is 0 Å². The number of carbonyl (C=O) groups excluding carboxylic acids is 1. The highest BCUT2D eigenvalue weighted by Gasteiger charge is 2.47. The van der Waals surface area contributed by atoms with Crippen LogP contribution in [0.1, 0.15) is 39.5 Å². The molecule has 22 heavy (non-hydrogen) atoms. The average molecular weight is 310 g/mol. The number of morpholine rings is 1. The Kier molecular flexibility index (Phi) is 4.05. The SMILES string of the molecule is CC(C)C1CN(C(=O)C2CC2)CC2(CCN(C(=O)O)CC2)O1. The van der Waals surface area contributed by atoms with Crippen molar-refractivity contribution >= 4 is 12.0 Å². The molecule has 0 aromatic rings. The molecule has 6 heteroatoms. The minimum atomic E-state index is -0.864. The third kappa shape index (κ3) is 3.07. The predicted octanol–water partition coefficient (Wildman–Crippen LogP) is 1.79. The Bertz CT molecular complexity index is 453. The van der Waals surface area contributed by atoms with E-state index in [2.05, 4.69) is 13.8 Å². The van der Waals surface area contributed by atoms with E-state index in [9.17, 15) is 9.59 Å². The normalized spacial score (nSPS) is 28.2. The van der Waals surface area contributed by atoms with Gasteiger partial charge in [-0.15, -0.1) is 0 Å². The second-order valence-corrected chi connectivity index (χ2v) is 7.35. The zero-order valence-corrected chi connectivity index (χ0v) is 13.5. The van der Waals surface area contributed by atoms with Gasteiger partial charge in [-0.1, -0.05) is 13.8 Å². The molecule has 1 N–H and O–H groups in total. The monoisotopic (exact) mass is 310 g/mol. The molecule has 1 saturated carbocycles. The smallest absolute Gasteiger partial charge is 0.407 e. The Morgan fingerprint density at radius 1 is 1.18 bits per heavy atom. The molecular formula is C16H26N2O4. The first kappa shape index (κ1) is 15.6. The Labute approximate surface area is 131 Å². The molecule has 3 rings (SSSR count).